The summed E-state index contributed by atoms with van der Waals surface area (Å²) >= 11 is 5.74. The molecule has 0 bridgehead atoms. The Bertz CT molecular complexity index is 1270. The van der Waals surface area contributed by atoms with Crippen LogP contribution in [-0.2, 0) is 13.0 Å². The Labute approximate surface area is 242 Å². The summed E-state index contributed by atoms with van der Waals surface area (Å²) in [5.41, 5.74) is 7.29. The zero-order chi connectivity index (χ0) is 28.2. The van der Waals surface area contributed by atoms with Crippen LogP contribution < -0.4 is 14.5 Å². The molecule has 1 aromatic heterocycles. The summed E-state index contributed by atoms with van der Waals surface area (Å²) in [7, 11) is 2.14. The maximum atomic E-state index is 10.6. The number of hydrogen-bond donors (Lipinski definition) is 1. The van der Waals surface area contributed by atoms with Crippen LogP contribution in [0.5, 0.6) is 6.01 Å². The zero-order valence-corrected chi connectivity index (χ0v) is 24.5. The minimum Gasteiger partial charge on any atom is -0.462 e. The molecule has 3 atom stereocenters. The molecule has 0 saturated carbocycles. The van der Waals surface area contributed by atoms with Crippen molar-refractivity contribution in [1.82, 2.24) is 19.8 Å². The predicted octanol–water partition coefficient (Wildman–Crippen LogP) is 3.60. The van der Waals surface area contributed by atoms with Crippen molar-refractivity contribution in [3.8, 4) is 12.1 Å². The Morgan fingerprint density at radius 1 is 1.18 bits per heavy atom. The summed E-state index contributed by atoms with van der Waals surface area (Å²) in [5.74, 6) is 0.894. The Balaban J connectivity index is 1.45. The fourth-order valence-electron chi connectivity index (χ4n) is 6.23. The van der Waals surface area contributed by atoms with E-state index in [-0.39, 0.29) is 6.04 Å². The lowest BCUT2D eigenvalue weighted by Crippen LogP contribution is -2.56. The molecule has 5 rings (SSSR count). The summed E-state index contributed by atoms with van der Waals surface area (Å²) in [6.07, 6.45) is 4.14. The Kier molecular flexibility index (Phi) is 9.11. The van der Waals surface area contributed by atoms with Crippen molar-refractivity contribution in [3.63, 3.8) is 0 Å². The average Bonchev–Trinajstić information content (AvgIpc) is 3.37. The number of fused-ring (bicyclic) bond motifs is 1. The number of aliphatic hydroxyl groups excluding tert-OH is 1. The molecule has 1 N–H and O–H groups in total. The van der Waals surface area contributed by atoms with Gasteiger partial charge >= 0.3 is 6.01 Å². The van der Waals surface area contributed by atoms with Crippen molar-refractivity contribution in [2.24, 2.45) is 0 Å². The quantitative estimate of drug-likeness (QED) is 0.515. The van der Waals surface area contributed by atoms with Gasteiger partial charge in [-0.2, -0.15) is 15.2 Å². The van der Waals surface area contributed by atoms with Crippen molar-refractivity contribution in [2.75, 3.05) is 56.2 Å². The molecule has 9 nitrogen and oxygen atoms in total. The maximum absolute atomic E-state index is 10.6. The van der Waals surface area contributed by atoms with E-state index >= 15 is 0 Å². The predicted molar refractivity (Wildman–Crippen MR) is 158 cm³/mol. The highest BCUT2D eigenvalue weighted by Gasteiger charge is 2.34. The van der Waals surface area contributed by atoms with Crippen LogP contribution in [0.4, 0.5) is 11.5 Å². The number of aliphatic hydroxyl groups is 1. The van der Waals surface area contributed by atoms with Gasteiger partial charge in [-0.15, -0.1) is 0 Å². The average molecular weight is 566 g/mol. The molecular formula is C30H40ClN7O2. The molecule has 1 aromatic carbocycles. The van der Waals surface area contributed by atoms with Crippen LogP contribution in [0.15, 0.2) is 29.8 Å². The molecule has 2 saturated heterocycles. The van der Waals surface area contributed by atoms with Crippen molar-refractivity contribution >= 4 is 23.1 Å². The fraction of sp³-hybridized carbons (Fsp3) is 0.567. The summed E-state index contributed by atoms with van der Waals surface area (Å²) < 4.78 is 6.27. The van der Waals surface area contributed by atoms with E-state index < -0.39 is 6.23 Å². The van der Waals surface area contributed by atoms with Gasteiger partial charge in [0, 0.05) is 55.0 Å². The lowest BCUT2D eigenvalue weighted by Gasteiger charge is -2.43. The number of aryl methyl sites for hydroxylation is 1. The number of anilines is 2. The maximum Gasteiger partial charge on any atom is 0.318 e. The second-order valence-electron chi connectivity index (χ2n) is 11.2. The smallest absolute Gasteiger partial charge is 0.318 e. The van der Waals surface area contributed by atoms with E-state index in [1.54, 1.807) is 6.08 Å². The molecule has 3 aliphatic rings. The van der Waals surface area contributed by atoms with Gasteiger partial charge in [0.15, 0.2) is 0 Å². The van der Waals surface area contributed by atoms with Crippen molar-refractivity contribution < 1.29 is 9.84 Å². The number of benzene rings is 1. The summed E-state index contributed by atoms with van der Waals surface area (Å²) in [4.78, 5) is 18.9. The van der Waals surface area contributed by atoms with Crippen LogP contribution in [0.25, 0.3) is 0 Å². The zero-order valence-electron chi connectivity index (χ0n) is 23.8. The molecule has 1 unspecified atom stereocenters. The van der Waals surface area contributed by atoms with E-state index in [2.05, 4.69) is 59.9 Å². The molecular weight excluding hydrogens is 526 g/mol. The first-order valence-electron chi connectivity index (χ1n) is 14.3. The largest absolute Gasteiger partial charge is 0.462 e. The third kappa shape index (κ3) is 6.06. The highest BCUT2D eigenvalue weighted by molar-refractivity contribution is 6.25. The summed E-state index contributed by atoms with van der Waals surface area (Å²) in [6, 6.07) is 9.39. The number of rotatable bonds is 8. The molecule has 10 heteroatoms. The first-order valence-corrected chi connectivity index (χ1v) is 14.7. The van der Waals surface area contributed by atoms with Crippen molar-refractivity contribution in [3.05, 3.63) is 52.2 Å². The van der Waals surface area contributed by atoms with Gasteiger partial charge in [-0.3, -0.25) is 4.90 Å². The van der Waals surface area contributed by atoms with Gasteiger partial charge in [-0.25, -0.2) is 0 Å². The molecule has 0 aliphatic carbocycles. The highest BCUT2D eigenvalue weighted by Crippen LogP contribution is 2.34. The van der Waals surface area contributed by atoms with E-state index in [9.17, 15) is 10.4 Å². The molecule has 2 fully saturated rings. The van der Waals surface area contributed by atoms with Gasteiger partial charge in [0.1, 0.15) is 18.7 Å². The number of likely N-dealkylation sites (tertiary alicyclic amines) is 1. The third-order valence-corrected chi connectivity index (χ3v) is 8.90. The first-order chi connectivity index (χ1) is 19.4. The molecule has 214 valence electrons. The van der Waals surface area contributed by atoms with Gasteiger partial charge < -0.3 is 24.5 Å². The van der Waals surface area contributed by atoms with Gasteiger partial charge in [-0.1, -0.05) is 23.7 Å². The molecule has 0 radical (unpaired) electrons. The SMILES string of the molecule is Cc1cccc(N2CCc3c(nc(OC[C@@H]4CCCN4C)nc3N3CCN(C(O)/C=C\Cl)[C@@H](CC#N)C3)C2)c1C. The van der Waals surface area contributed by atoms with Crippen LogP contribution in [0.3, 0.4) is 0 Å². The van der Waals surface area contributed by atoms with Crippen LogP contribution in [0.1, 0.15) is 41.6 Å². The third-order valence-electron chi connectivity index (χ3n) is 8.76. The number of hydrogen-bond acceptors (Lipinski definition) is 9. The summed E-state index contributed by atoms with van der Waals surface area (Å²) in [6.45, 7) is 9.39. The first kappa shape index (κ1) is 28.6. The number of nitrogens with zero attached hydrogens (tertiary/aromatic N) is 7. The summed E-state index contributed by atoms with van der Waals surface area (Å²) in [5, 5.41) is 20.1. The van der Waals surface area contributed by atoms with Gasteiger partial charge in [0.25, 0.3) is 0 Å². The van der Waals surface area contributed by atoms with E-state index in [0.29, 0.717) is 51.3 Å². The lowest BCUT2D eigenvalue weighted by atomic mass is 10.0. The van der Waals surface area contributed by atoms with Crippen molar-refractivity contribution in [2.45, 2.75) is 64.4 Å². The van der Waals surface area contributed by atoms with Crippen LogP contribution in [0, 0.1) is 25.2 Å². The Morgan fingerprint density at radius 3 is 2.77 bits per heavy atom. The lowest BCUT2D eigenvalue weighted by molar-refractivity contribution is 0.00418. The molecule has 2 aromatic rings. The normalized spacial score (nSPS) is 22.9. The molecule has 3 aliphatic heterocycles. The van der Waals surface area contributed by atoms with E-state index in [0.717, 1.165) is 43.0 Å². The Morgan fingerprint density at radius 2 is 2.02 bits per heavy atom. The standard InChI is InChI=1S/C30H40ClN7O2/c1-21-6-4-8-27(22(21)2)36-15-11-25-26(19-36)33-30(40-20-24-7-5-14-35(24)3)34-29(25)37-16-17-38(28(39)9-12-31)23(18-37)10-13-32/h4,6,8-9,12,23-24,28,39H,5,7,10-11,14-20H2,1-3H3/b12-9-/t23-,24-,28?/m0/s1. The van der Waals surface area contributed by atoms with Gasteiger partial charge in [0.05, 0.1) is 24.7 Å². The highest BCUT2D eigenvalue weighted by atomic mass is 35.5. The molecule has 4 heterocycles. The topological polar surface area (TPSA) is 92.0 Å². The number of halogens is 1. The number of likely N-dealkylation sites (N-methyl/N-ethyl adjacent to an activating group) is 1. The number of piperazine rings is 1. The van der Waals surface area contributed by atoms with Gasteiger partial charge in [-0.05, 0) is 70.0 Å². The molecule has 40 heavy (non-hydrogen) atoms. The monoisotopic (exact) mass is 565 g/mol. The van der Waals surface area contributed by atoms with Crippen LogP contribution in [-0.4, -0.2) is 89.6 Å². The fourth-order valence-corrected chi connectivity index (χ4v) is 6.36. The van der Waals surface area contributed by atoms with E-state index in [4.69, 9.17) is 26.3 Å². The van der Waals surface area contributed by atoms with Crippen LogP contribution >= 0.6 is 11.6 Å². The van der Waals surface area contributed by atoms with Crippen molar-refractivity contribution in [1.29, 1.82) is 5.26 Å². The second kappa shape index (κ2) is 12.7. The minimum absolute atomic E-state index is 0.154. The Hall–Kier alpha value is -2.90. The van der Waals surface area contributed by atoms with Crippen LogP contribution in [0.2, 0.25) is 0 Å². The number of nitriles is 1. The molecule has 0 amide bonds. The van der Waals surface area contributed by atoms with E-state index in [1.165, 1.54) is 28.8 Å². The molecule has 0 spiro atoms. The van der Waals surface area contributed by atoms with E-state index in [1.807, 2.05) is 4.90 Å². The van der Waals surface area contributed by atoms with Gasteiger partial charge in [0.2, 0.25) is 0 Å². The number of aromatic nitrogens is 2. The minimum atomic E-state index is -0.828. The second-order valence-corrected chi connectivity index (χ2v) is 11.4. The number of ether oxygens (including phenoxy) is 1.